The third kappa shape index (κ3) is 5.27. The molecule has 1 aliphatic rings. The van der Waals surface area contributed by atoms with Crippen LogP contribution in [0.1, 0.15) is 25.7 Å². The van der Waals surface area contributed by atoms with Crippen LogP contribution in [0.5, 0.6) is 0 Å². The Morgan fingerprint density at radius 2 is 1.88 bits per heavy atom. The lowest BCUT2D eigenvalue weighted by Crippen LogP contribution is -2.30. The van der Waals surface area contributed by atoms with Crippen molar-refractivity contribution in [3.63, 3.8) is 0 Å². The molecule has 0 spiro atoms. The molecule has 2 unspecified atom stereocenters. The van der Waals surface area contributed by atoms with Crippen LogP contribution < -0.4 is 5.73 Å². The Bertz CT molecular complexity index is 290. The highest BCUT2D eigenvalue weighted by Gasteiger charge is 2.23. The molecule has 0 heterocycles. The van der Waals surface area contributed by atoms with Gasteiger partial charge in [0, 0.05) is 12.9 Å². The molecule has 2 N–H and O–H groups in total. The van der Waals surface area contributed by atoms with Crippen molar-refractivity contribution in [2.45, 2.75) is 25.7 Å². The second kappa shape index (κ2) is 6.57. The van der Waals surface area contributed by atoms with E-state index in [4.69, 9.17) is 10.5 Å². The van der Waals surface area contributed by atoms with E-state index in [1.54, 1.807) is 0 Å². The zero-order valence-electron chi connectivity index (χ0n) is 10.0. The maximum absolute atomic E-state index is 10.9. The zero-order chi connectivity index (χ0) is 12.0. The highest BCUT2D eigenvalue weighted by atomic mass is 32.2. The Balaban J connectivity index is 2.20. The summed E-state index contributed by atoms with van der Waals surface area (Å²) in [5, 5.41) is 0. The first-order valence-electron chi connectivity index (χ1n) is 5.98. The highest BCUT2D eigenvalue weighted by molar-refractivity contribution is 7.90. The number of rotatable bonds is 6. The van der Waals surface area contributed by atoms with Gasteiger partial charge in [0.25, 0.3) is 0 Å². The molecule has 5 heteroatoms. The molecule has 0 bridgehead atoms. The number of hydrogen-bond donors (Lipinski definition) is 1. The van der Waals surface area contributed by atoms with E-state index in [0.717, 1.165) is 6.54 Å². The summed E-state index contributed by atoms with van der Waals surface area (Å²) in [4.78, 5) is 0. The van der Waals surface area contributed by atoms with Crippen molar-refractivity contribution in [1.82, 2.24) is 0 Å². The largest absolute Gasteiger partial charge is 0.380 e. The standard InChI is InChI=1S/C11H23NO3S/c1-16(13,14)7-6-15-9-11-5-3-2-4-10(11)8-12/h10-11H,2-9,12H2,1H3. The van der Waals surface area contributed by atoms with Crippen LogP contribution in [0.25, 0.3) is 0 Å². The van der Waals surface area contributed by atoms with Crippen LogP contribution in [-0.4, -0.2) is 40.2 Å². The third-order valence-corrected chi connectivity index (χ3v) is 4.21. The average molecular weight is 249 g/mol. The quantitative estimate of drug-likeness (QED) is 0.707. The van der Waals surface area contributed by atoms with Gasteiger partial charge >= 0.3 is 0 Å². The van der Waals surface area contributed by atoms with Crippen LogP contribution in [-0.2, 0) is 14.6 Å². The van der Waals surface area contributed by atoms with Gasteiger partial charge in [0.05, 0.1) is 12.4 Å². The normalized spacial score (nSPS) is 26.9. The first kappa shape index (κ1) is 13.9. The first-order chi connectivity index (χ1) is 7.53. The fourth-order valence-corrected chi connectivity index (χ4v) is 2.68. The van der Waals surface area contributed by atoms with E-state index in [1.165, 1.54) is 31.9 Å². The maximum atomic E-state index is 10.9. The Labute approximate surface area is 98.5 Å². The lowest BCUT2D eigenvalue weighted by atomic mass is 9.80. The van der Waals surface area contributed by atoms with Crippen molar-refractivity contribution in [2.24, 2.45) is 17.6 Å². The Morgan fingerprint density at radius 1 is 1.25 bits per heavy atom. The van der Waals surface area contributed by atoms with Crippen molar-refractivity contribution in [2.75, 3.05) is 31.8 Å². The summed E-state index contributed by atoms with van der Waals surface area (Å²) in [6.45, 7) is 1.70. The van der Waals surface area contributed by atoms with Crippen molar-refractivity contribution >= 4 is 9.84 Å². The fourth-order valence-electron chi connectivity index (χ4n) is 2.26. The van der Waals surface area contributed by atoms with Crippen molar-refractivity contribution in [3.05, 3.63) is 0 Å². The molecule has 0 aromatic heterocycles. The number of sulfone groups is 1. The molecule has 0 saturated heterocycles. The predicted octanol–water partition coefficient (Wildman–Crippen LogP) is 0.813. The summed E-state index contributed by atoms with van der Waals surface area (Å²) in [6.07, 6.45) is 6.11. The summed E-state index contributed by atoms with van der Waals surface area (Å²) in [5.74, 6) is 1.21. The Morgan fingerprint density at radius 3 is 2.44 bits per heavy atom. The van der Waals surface area contributed by atoms with Crippen LogP contribution in [0, 0.1) is 11.8 Å². The predicted molar refractivity (Wildman–Crippen MR) is 65.0 cm³/mol. The minimum absolute atomic E-state index is 0.118. The maximum Gasteiger partial charge on any atom is 0.149 e. The Hall–Kier alpha value is -0.130. The van der Waals surface area contributed by atoms with Gasteiger partial charge in [-0.05, 0) is 31.2 Å². The van der Waals surface area contributed by atoms with Crippen molar-refractivity contribution in [3.8, 4) is 0 Å². The van der Waals surface area contributed by atoms with Crippen LogP contribution in [0.3, 0.4) is 0 Å². The number of ether oxygens (including phenoxy) is 1. The van der Waals surface area contributed by atoms with Crippen LogP contribution in [0.2, 0.25) is 0 Å². The van der Waals surface area contributed by atoms with E-state index < -0.39 is 9.84 Å². The zero-order valence-corrected chi connectivity index (χ0v) is 10.8. The molecule has 0 aromatic rings. The minimum Gasteiger partial charge on any atom is -0.380 e. The van der Waals surface area contributed by atoms with E-state index in [2.05, 4.69) is 0 Å². The molecule has 1 saturated carbocycles. The summed E-state index contributed by atoms with van der Waals surface area (Å²) in [6, 6.07) is 0. The van der Waals surface area contributed by atoms with Gasteiger partial charge in [-0.2, -0.15) is 0 Å². The van der Waals surface area contributed by atoms with Gasteiger partial charge < -0.3 is 10.5 Å². The third-order valence-electron chi connectivity index (χ3n) is 3.30. The molecular weight excluding hydrogens is 226 g/mol. The fraction of sp³-hybridized carbons (Fsp3) is 1.00. The molecule has 0 radical (unpaired) electrons. The lowest BCUT2D eigenvalue weighted by molar-refractivity contribution is 0.0696. The molecule has 1 rings (SSSR count). The summed E-state index contributed by atoms with van der Waals surface area (Å²) in [7, 11) is -2.90. The van der Waals surface area contributed by atoms with Gasteiger partial charge in [-0.25, -0.2) is 8.42 Å². The van der Waals surface area contributed by atoms with Gasteiger partial charge in [-0.3, -0.25) is 0 Å². The van der Waals surface area contributed by atoms with Gasteiger partial charge in [-0.15, -0.1) is 0 Å². The first-order valence-corrected chi connectivity index (χ1v) is 8.04. The van der Waals surface area contributed by atoms with E-state index in [1.807, 2.05) is 0 Å². The lowest BCUT2D eigenvalue weighted by Gasteiger charge is -2.30. The topological polar surface area (TPSA) is 69.4 Å². The van der Waals surface area contributed by atoms with Crippen LogP contribution in [0.15, 0.2) is 0 Å². The molecule has 1 aliphatic carbocycles. The summed E-state index contributed by atoms with van der Waals surface area (Å²) in [5.41, 5.74) is 5.72. The molecule has 16 heavy (non-hydrogen) atoms. The van der Waals surface area contributed by atoms with E-state index in [0.29, 0.717) is 25.0 Å². The number of nitrogens with two attached hydrogens (primary N) is 1. The molecule has 96 valence electrons. The highest BCUT2D eigenvalue weighted by Crippen LogP contribution is 2.29. The molecule has 2 atom stereocenters. The van der Waals surface area contributed by atoms with Gasteiger partial charge in [0.15, 0.2) is 0 Å². The van der Waals surface area contributed by atoms with E-state index in [-0.39, 0.29) is 5.75 Å². The monoisotopic (exact) mass is 249 g/mol. The van der Waals surface area contributed by atoms with Crippen LogP contribution >= 0.6 is 0 Å². The van der Waals surface area contributed by atoms with Gasteiger partial charge in [0.2, 0.25) is 0 Å². The summed E-state index contributed by atoms with van der Waals surface area (Å²) >= 11 is 0. The molecular formula is C11H23NO3S. The molecule has 0 aromatic carbocycles. The molecule has 0 amide bonds. The van der Waals surface area contributed by atoms with Crippen molar-refractivity contribution in [1.29, 1.82) is 0 Å². The van der Waals surface area contributed by atoms with Gasteiger partial charge in [0.1, 0.15) is 9.84 Å². The van der Waals surface area contributed by atoms with E-state index in [9.17, 15) is 8.42 Å². The van der Waals surface area contributed by atoms with Crippen molar-refractivity contribution < 1.29 is 13.2 Å². The van der Waals surface area contributed by atoms with Gasteiger partial charge in [-0.1, -0.05) is 12.8 Å². The molecule has 1 fully saturated rings. The second-order valence-corrected chi connectivity index (χ2v) is 7.00. The SMILES string of the molecule is CS(=O)(=O)CCOCC1CCCCC1CN. The minimum atomic E-state index is -2.90. The van der Waals surface area contributed by atoms with Crippen LogP contribution in [0.4, 0.5) is 0 Å². The summed E-state index contributed by atoms with van der Waals surface area (Å²) < 4.78 is 27.3. The average Bonchev–Trinajstić information content (AvgIpc) is 2.23. The smallest absolute Gasteiger partial charge is 0.149 e. The molecule has 0 aliphatic heterocycles. The second-order valence-electron chi connectivity index (χ2n) is 4.75. The number of hydrogen-bond acceptors (Lipinski definition) is 4. The van der Waals surface area contributed by atoms with E-state index >= 15 is 0 Å². The molecule has 4 nitrogen and oxygen atoms in total. The Kier molecular flexibility index (Phi) is 5.72.